The fourth-order valence-corrected chi connectivity index (χ4v) is 6.83. The summed E-state index contributed by atoms with van der Waals surface area (Å²) < 4.78 is 11.6. The number of fused-ring (bicyclic) bond motifs is 3. The molecular formula is C27H21N3O5S2. The smallest absolute Gasteiger partial charge is 0.410 e. The number of nitrogens with one attached hydrogen (secondary N) is 1. The fourth-order valence-electron chi connectivity index (χ4n) is 4.46. The van der Waals surface area contributed by atoms with E-state index in [2.05, 4.69) is 5.32 Å². The first kappa shape index (κ1) is 23.4. The minimum atomic E-state index is -0.701. The van der Waals surface area contributed by atoms with Crippen LogP contribution in [0.5, 0.6) is 0 Å². The highest BCUT2D eigenvalue weighted by molar-refractivity contribution is 7.23. The second-order valence-corrected chi connectivity index (χ2v) is 10.6. The molecule has 0 saturated carbocycles. The average molecular weight is 532 g/mol. The van der Waals surface area contributed by atoms with Gasteiger partial charge in [0.2, 0.25) is 0 Å². The minimum Gasteiger partial charge on any atom is -0.450 e. The number of hydrogen-bond donors (Lipinski definition) is 1. The zero-order valence-electron chi connectivity index (χ0n) is 19.8. The molecule has 0 fully saturated rings. The molecule has 0 spiro atoms. The van der Waals surface area contributed by atoms with E-state index < -0.39 is 11.5 Å². The first-order valence-corrected chi connectivity index (χ1v) is 13.4. The van der Waals surface area contributed by atoms with Gasteiger partial charge in [-0.2, -0.15) is 0 Å². The standard InChI is InChI=1S/C27H21N3O5S2/c1-2-34-27(33)30-12-11-16-21(14-30)37-25(22(16)24-28-18-8-4-6-10-20(18)36-24)29-23(31)17-13-15-7-3-5-9-19(15)35-26(17)32/h3-10,13H,2,11-12,14H2,1H3,(H,29,31). The number of thiophene rings is 1. The number of carbonyl (C=O) groups is 2. The Labute approximate surface area is 219 Å². The molecule has 0 bridgehead atoms. The summed E-state index contributed by atoms with van der Waals surface area (Å²) in [7, 11) is 0. The molecule has 10 heteroatoms. The van der Waals surface area contributed by atoms with Crippen LogP contribution in [0, 0.1) is 0 Å². The van der Waals surface area contributed by atoms with E-state index in [1.807, 2.05) is 30.3 Å². The third-order valence-electron chi connectivity index (χ3n) is 6.20. The monoisotopic (exact) mass is 531 g/mol. The second-order valence-electron chi connectivity index (χ2n) is 8.50. The van der Waals surface area contributed by atoms with Gasteiger partial charge in [-0.3, -0.25) is 4.79 Å². The van der Waals surface area contributed by atoms with Crippen LogP contribution in [-0.4, -0.2) is 35.0 Å². The van der Waals surface area contributed by atoms with E-state index in [4.69, 9.17) is 14.1 Å². The van der Waals surface area contributed by atoms with Gasteiger partial charge in [0.1, 0.15) is 21.2 Å². The lowest BCUT2D eigenvalue weighted by Gasteiger charge is -2.26. The summed E-state index contributed by atoms with van der Waals surface area (Å²) in [6.45, 7) is 2.96. The number of hydrogen-bond acceptors (Lipinski definition) is 8. The maximum atomic E-state index is 13.3. The zero-order valence-corrected chi connectivity index (χ0v) is 21.4. The van der Waals surface area contributed by atoms with E-state index in [-0.39, 0.29) is 11.7 Å². The third-order valence-corrected chi connectivity index (χ3v) is 8.39. The Hall–Kier alpha value is -4.02. The molecule has 37 heavy (non-hydrogen) atoms. The highest BCUT2D eigenvalue weighted by Gasteiger charge is 2.30. The van der Waals surface area contributed by atoms with Gasteiger partial charge in [-0.25, -0.2) is 14.6 Å². The molecule has 186 valence electrons. The second kappa shape index (κ2) is 9.45. The highest BCUT2D eigenvalue weighted by Crippen LogP contribution is 2.45. The predicted molar refractivity (Wildman–Crippen MR) is 145 cm³/mol. The zero-order chi connectivity index (χ0) is 25.5. The van der Waals surface area contributed by atoms with Crippen molar-refractivity contribution in [1.82, 2.24) is 9.88 Å². The minimum absolute atomic E-state index is 0.0755. The van der Waals surface area contributed by atoms with Crippen LogP contribution in [0.3, 0.4) is 0 Å². The lowest BCUT2D eigenvalue weighted by Crippen LogP contribution is -2.35. The van der Waals surface area contributed by atoms with Gasteiger partial charge in [-0.15, -0.1) is 22.7 Å². The summed E-state index contributed by atoms with van der Waals surface area (Å²) in [5.74, 6) is -0.553. The predicted octanol–water partition coefficient (Wildman–Crippen LogP) is 5.90. The van der Waals surface area contributed by atoms with Gasteiger partial charge in [-0.1, -0.05) is 30.3 Å². The van der Waals surface area contributed by atoms with Gasteiger partial charge in [0.05, 0.1) is 23.4 Å². The Morgan fingerprint density at radius 1 is 1.14 bits per heavy atom. The van der Waals surface area contributed by atoms with Crippen LogP contribution in [0.4, 0.5) is 9.80 Å². The number of rotatable bonds is 4. The number of thiazole rings is 1. The number of ether oxygens (including phenoxy) is 1. The van der Waals surface area contributed by atoms with Gasteiger partial charge in [0.25, 0.3) is 5.91 Å². The first-order chi connectivity index (χ1) is 18.0. The molecular weight excluding hydrogens is 510 g/mol. The van der Waals surface area contributed by atoms with Crippen molar-refractivity contribution in [2.45, 2.75) is 19.9 Å². The molecule has 0 atom stereocenters. The van der Waals surface area contributed by atoms with E-state index in [9.17, 15) is 14.4 Å². The third kappa shape index (κ3) is 4.28. The van der Waals surface area contributed by atoms with Crippen molar-refractivity contribution >= 4 is 60.9 Å². The van der Waals surface area contributed by atoms with Crippen molar-refractivity contribution in [3.8, 4) is 10.6 Å². The fraction of sp³-hybridized carbons (Fsp3) is 0.185. The molecule has 1 aliphatic heterocycles. The number of anilines is 1. The molecule has 6 rings (SSSR count). The maximum absolute atomic E-state index is 13.3. The molecule has 4 heterocycles. The van der Waals surface area contributed by atoms with Gasteiger partial charge in [-0.05, 0) is 43.2 Å². The van der Waals surface area contributed by atoms with Crippen LogP contribution in [0.25, 0.3) is 31.8 Å². The lowest BCUT2D eigenvalue weighted by atomic mass is 10.0. The maximum Gasteiger partial charge on any atom is 0.410 e. The lowest BCUT2D eigenvalue weighted by molar-refractivity contribution is 0.102. The molecule has 1 aliphatic rings. The van der Waals surface area contributed by atoms with Gasteiger partial charge >= 0.3 is 11.7 Å². The van der Waals surface area contributed by atoms with E-state index in [0.717, 1.165) is 31.2 Å². The van der Waals surface area contributed by atoms with E-state index in [1.165, 1.54) is 11.3 Å². The number of benzene rings is 2. The van der Waals surface area contributed by atoms with Crippen molar-refractivity contribution < 1.29 is 18.7 Å². The molecule has 2 aromatic carbocycles. The van der Waals surface area contributed by atoms with Crippen LogP contribution in [0.1, 0.15) is 27.7 Å². The molecule has 0 unspecified atom stereocenters. The van der Waals surface area contributed by atoms with Crippen LogP contribution >= 0.6 is 22.7 Å². The Bertz CT molecular complexity index is 1700. The number of amides is 2. The molecule has 8 nitrogen and oxygen atoms in total. The van der Waals surface area contributed by atoms with Crippen LogP contribution < -0.4 is 10.9 Å². The van der Waals surface area contributed by atoms with Crippen LogP contribution in [0.2, 0.25) is 0 Å². The average Bonchev–Trinajstić information content (AvgIpc) is 3.48. The summed E-state index contributed by atoms with van der Waals surface area (Å²) in [5, 5.41) is 4.99. The molecule has 0 saturated heterocycles. The summed E-state index contributed by atoms with van der Waals surface area (Å²) in [6, 6.07) is 16.5. The number of carbonyl (C=O) groups excluding carboxylic acids is 2. The molecule has 2 amide bonds. The van der Waals surface area contributed by atoms with Crippen molar-refractivity contribution in [3.63, 3.8) is 0 Å². The van der Waals surface area contributed by atoms with E-state index in [0.29, 0.717) is 42.1 Å². The van der Waals surface area contributed by atoms with Crippen LogP contribution in [-0.2, 0) is 17.7 Å². The van der Waals surface area contributed by atoms with Gasteiger partial charge < -0.3 is 19.4 Å². The van der Waals surface area contributed by atoms with Crippen LogP contribution in [0.15, 0.2) is 63.8 Å². The number of nitrogens with zero attached hydrogens (tertiary/aromatic N) is 2. The summed E-state index contributed by atoms with van der Waals surface area (Å²) in [5.41, 5.74) is 2.40. The highest BCUT2D eigenvalue weighted by atomic mass is 32.1. The topological polar surface area (TPSA) is 102 Å². The van der Waals surface area contributed by atoms with E-state index >= 15 is 0 Å². The van der Waals surface area contributed by atoms with Gasteiger partial charge in [0, 0.05) is 22.4 Å². The largest absolute Gasteiger partial charge is 0.450 e. The normalized spacial score (nSPS) is 13.1. The Kier molecular flexibility index (Phi) is 5.97. The summed E-state index contributed by atoms with van der Waals surface area (Å²) in [6.07, 6.45) is 0.242. The first-order valence-electron chi connectivity index (χ1n) is 11.8. The summed E-state index contributed by atoms with van der Waals surface area (Å²) >= 11 is 2.93. The quantitative estimate of drug-likeness (QED) is 0.290. The molecule has 5 aromatic rings. The number of aromatic nitrogens is 1. The molecule has 0 radical (unpaired) electrons. The molecule has 0 aliphatic carbocycles. The van der Waals surface area contributed by atoms with Crippen molar-refractivity contribution in [3.05, 3.63) is 81.0 Å². The Balaban J connectivity index is 1.42. The van der Waals surface area contributed by atoms with Crippen molar-refractivity contribution in [2.24, 2.45) is 0 Å². The van der Waals surface area contributed by atoms with Crippen molar-refractivity contribution in [2.75, 3.05) is 18.5 Å². The summed E-state index contributed by atoms with van der Waals surface area (Å²) in [4.78, 5) is 45.8. The van der Waals surface area contributed by atoms with Crippen molar-refractivity contribution in [1.29, 1.82) is 0 Å². The molecule has 1 N–H and O–H groups in total. The molecule has 3 aromatic heterocycles. The Morgan fingerprint density at radius 3 is 2.78 bits per heavy atom. The Morgan fingerprint density at radius 2 is 1.95 bits per heavy atom. The van der Waals surface area contributed by atoms with E-state index in [1.54, 1.807) is 47.4 Å². The number of para-hydroxylation sites is 2. The SMILES string of the molecule is CCOC(=O)N1CCc2c(sc(NC(=O)c3cc4ccccc4oc3=O)c2-c2nc3ccccc3s2)C1. The van der Waals surface area contributed by atoms with Gasteiger partial charge in [0.15, 0.2) is 0 Å².